The van der Waals surface area contributed by atoms with Crippen LogP contribution in [0, 0.1) is 0 Å². The number of nitrogens with zero attached hydrogens (tertiary/aromatic N) is 1. The molecule has 0 aliphatic heterocycles. The molecule has 3 aromatic rings. The van der Waals surface area contributed by atoms with E-state index >= 15 is 0 Å². The number of carbonyl (C=O) groups is 1. The van der Waals surface area contributed by atoms with Gasteiger partial charge in [-0.25, -0.2) is 4.98 Å². The SMILES string of the molecule is CC(Nc1ccc(NC(=O)c2cccs2)nc1)c1ccccc1. The second-order valence-corrected chi connectivity index (χ2v) is 6.09. The van der Waals surface area contributed by atoms with Gasteiger partial charge in [0.05, 0.1) is 16.8 Å². The van der Waals surface area contributed by atoms with Gasteiger partial charge in [-0.1, -0.05) is 36.4 Å². The van der Waals surface area contributed by atoms with Gasteiger partial charge in [0, 0.05) is 6.04 Å². The molecule has 2 N–H and O–H groups in total. The van der Waals surface area contributed by atoms with Gasteiger partial charge in [-0.05, 0) is 36.1 Å². The third-order valence-electron chi connectivity index (χ3n) is 3.43. The van der Waals surface area contributed by atoms with Gasteiger partial charge in [0.25, 0.3) is 5.91 Å². The number of carbonyl (C=O) groups excluding carboxylic acids is 1. The first kappa shape index (κ1) is 15.2. The Morgan fingerprint density at radius 2 is 1.91 bits per heavy atom. The summed E-state index contributed by atoms with van der Waals surface area (Å²) < 4.78 is 0. The maximum atomic E-state index is 12.0. The van der Waals surface area contributed by atoms with Crippen molar-refractivity contribution >= 4 is 28.7 Å². The summed E-state index contributed by atoms with van der Waals surface area (Å²) in [4.78, 5) is 16.9. The molecule has 0 bridgehead atoms. The molecular formula is C18H17N3OS. The van der Waals surface area contributed by atoms with Crippen molar-refractivity contribution in [2.24, 2.45) is 0 Å². The summed E-state index contributed by atoms with van der Waals surface area (Å²) in [7, 11) is 0. The third kappa shape index (κ3) is 3.96. The van der Waals surface area contributed by atoms with Gasteiger partial charge in [-0.15, -0.1) is 11.3 Å². The second-order valence-electron chi connectivity index (χ2n) is 5.14. The van der Waals surface area contributed by atoms with E-state index in [9.17, 15) is 4.79 Å². The van der Waals surface area contributed by atoms with Gasteiger partial charge in [0.15, 0.2) is 0 Å². The van der Waals surface area contributed by atoms with E-state index in [0.29, 0.717) is 10.7 Å². The van der Waals surface area contributed by atoms with Gasteiger partial charge in [-0.3, -0.25) is 4.79 Å². The molecule has 0 spiro atoms. The molecule has 3 rings (SSSR count). The van der Waals surface area contributed by atoms with Crippen molar-refractivity contribution in [1.82, 2.24) is 4.98 Å². The highest BCUT2D eigenvalue weighted by molar-refractivity contribution is 7.12. The topological polar surface area (TPSA) is 54.0 Å². The second kappa shape index (κ2) is 7.07. The van der Waals surface area contributed by atoms with Crippen LogP contribution in [0.2, 0.25) is 0 Å². The maximum absolute atomic E-state index is 12.0. The molecule has 1 unspecified atom stereocenters. The summed E-state index contributed by atoms with van der Waals surface area (Å²) in [6, 6.07) is 17.8. The molecule has 0 aliphatic rings. The van der Waals surface area contributed by atoms with Crippen LogP contribution in [0.25, 0.3) is 0 Å². The van der Waals surface area contributed by atoms with Crippen LogP contribution in [-0.2, 0) is 0 Å². The van der Waals surface area contributed by atoms with E-state index in [0.717, 1.165) is 5.69 Å². The summed E-state index contributed by atoms with van der Waals surface area (Å²) in [6.45, 7) is 2.10. The number of benzene rings is 1. The Balaban J connectivity index is 1.62. The number of rotatable bonds is 5. The van der Waals surface area contributed by atoms with E-state index < -0.39 is 0 Å². The third-order valence-corrected chi connectivity index (χ3v) is 4.30. The summed E-state index contributed by atoms with van der Waals surface area (Å²) in [5.41, 5.74) is 2.12. The molecule has 0 saturated heterocycles. The predicted octanol–water partition coefficient (Wildman–Crippen LogP) is 4.57. The molecule has 1 aromatic carbocycles. The molecule has 0 aliphatic carbocycles. The highest BCUT2D eigenvalue weighted by Gasteiger charge is 2.08. The number of hydrogen-bond donors (Lipinski definition) is 2. The minimum absolute atomic E-state index is 0.133. The fraction of sp³-hybridized carbons (Fsp3) is 0.111. The monoisotopic (exact) mass is 323 g/mol. The Morgan fingerprint density at radius 3 is 2.57 bits per heavy atom. The Kier molecular flexibility index (Phi) is 4.68. The number of amides is 1. The molecule has 116 valence electrons. The lowest BCUT2D eigenvalue weighted by Crippen LogP contribution is -2.11. The van der Waals surface area contributed by atoms with Crippen molar-refractivity contribution in [2.45, 2.75) is 13.0 Å². The van der Waals surface area contributed by atoms with E-state index in [1.54, 1.807) is 18.3 Å². The summed E-state index contributed by atoms with van der Waals surface area (Å²) >= 11 is 1.41. The lowest BCUT2D eigenvalue weighted by molar-refractivity contribution is 0.103. The van der Waals surface area contributed by atoms with Crippen LogP contribution in [0.1, 0.15) is 28.2 Å². The van der Waals surface area contributed by atoms with E-state index in [2.05, 4.69) is 34.7 Å². The molecule has 23 heavy (non-hydrogen) atoms. The summed E-state index contributed by atoms with van der Waals surface area (Å²) in [5.74, 6) is 0.409. The molecule has 0 fully saturated rings. The highest BCUT2D eigenvalue weighted by atomic mass is 32.1. The van der Waals surface area contributed by atoms with Gasteiger partial charge >= 0.3 is 0 Å². The summed E-state index contributed by atoms with van der Waals surface area (Å²) in [5, 5.41) is 8.06. The lowest BCUT2D eigenvalue weighted by Gasteiger charge is -2.15. The van der Waals surface area contributed by atoms with Crippen molar-refractivity contribution < 1.29 is 4.79 Å². The highest BCUT2D eigenvalue weighted by Crippen LogP contribution is 2.19. The quantitative estimate of drug-likeness (QED) is 0.723. The normalized spacial score (nSPS) is 11.7. The van der Waals surface area contributed by atoms with Gasteiger partial charge in [-0.2, -0.15) is 0 Å². The van der Waals surface area contributed by atoms with Crippen LogP contribution in [0.5, 0.6) is 0 Å². The molecular weight excluding hydrogens is 306 g/mol. The summed E-state index contributed by atoms with van der Waals surface area (Å²) in [6.07, 6.45) is 1.73. The molecule has 5 heteroatoms. The average Bonchev–Trinajstić information content (AvgIpc) is 3.12. The first-order chi connectivity index (χ1) is 11.2. The zero-order valence-electron chi connectivity index (χ0n) is 12.7. The zero-order valence-corrected chi connectivity index (χ0v) is 13.5. The van der Waals surface area contributed by atoms with E-state index in [-0.39, 0.29) is 11.9 Å². The van der Waals surface area contributed by atoms with Crippen LogP contribution in [0.3, 0.4) is 0 Å². The van der Waals surface area contributed by atoms with Crippen LogP contribution < -0.4 is 10.6 Å². The number of nitrogens with one attached hydrogen (secondary N) is 2. The first-order valence-corrected chi connectivity index (χ1v) is 8.23. The molecule has 4 nitrogen and oxygen atoms in total. The van der Waals surface area contributed by atoms with Gasteiger partial charge in [0.2, 0.25) is 0 Å². The number of hydrogen-bond acceptors (Lipinski definition) is 4. The van der Waals surface area contributed by atoms with Gasteiger partial charge in [0.1, 0.15) is 5.82 Å². The standard InChI is InChI=1S/C18H17N3OS/c1-13(14-6-3-2-4-7-14)20-15-9-10-17(19-12-15)21-18(22)16-8-5-11-23-16/h2-13,20H,1H3,(H,19,21,22). The van der Waals surface area contributed by atoms with E-state index in [1.165, 1.54) is 16.9 Å². The minimum Gasteiger partial charge on any atom is -0.377 e. The number of anilines is 2. The Morgan fingerprint density at radius 1 is 1.09 bits per heavy atom. The molecule has 2 heterocycles. The van der Waals surface area contributed by atoms with E-state index in [4.69, 9.17) is 0 Å². The minimum atomic E-state index is -0.133. The van der Waals surface area contributed by atoms with Crippen LogP contribution in [0.15, 0.2) is 66.2 Å². The van der Waals surface area contributed by atoms with Crippen LogP contribution in [-0.4, -0.2) is 10.9 Å². The first-order valence-electron chi connectivity index (χ1n) is 7.35. The number of thiophene rings is 1. The molecule has 0 radical (unpaired) electrons. The molecule has 0 saturated carbocycles. The Labute approximate surface area is 139 Å². The van der Waals surface area contributed by atoms with Crippen molar-refractivity contribution in [3.05, 3.63) is 76.6 Å². The fourth-order valence-corrected chi connectivity index (χ4v) is 2.83. The number of pyridine rings is 1. The van der Waals surface area contributed by atoms with Crippen molar-refractivity contribution in [2.75, 3.05) is 10.6 Å². The lowest BCUT2D eigenvalue weighted by atomic mass is 10.1. The fourth-order valence-electron chi connectivity index (χ4n) is 2.21. The van der Waals surface area contributed by atoms with Crippen molar-refractivity contribution in [1.29, 1.82) is 0 Å². The predicted molar refractivity (Wildman–Crippen MR) is 95.0 cm³/mol. The van der Waals surface area contributed by atoms with Crippen molar-refractivity contribution in [3.63, 3.8) is 0 Å². The maximum Gasteiger partial charge on any atom is 0.266 e. The largest absolute Gasteiger partial charge is 0.377 e. The Bertz CT molecular complexity index is 755. The number of aromatic nitrogens is 1. The Hall–Kier alpha value is -2.66. The van der Waals surface area contributed by atoms with E-state index in [1.807, 2.05) is 35.7 Å². The molecule has 1 amide bonds. The van der Waals surface area contributed by atoms with Gasteiger partial charge < -0.3 is 10.6 Å². The van der Waals surface area contributed by atoms with Crippen LogP contribution in [0.4, 0.5) is 11.5 Å². The van der Waals surface area contributed by atoms with Crippen molar-refractivity contribution in [3.8, 4) is 0 Å². The van der Waals surface area contributed by atoms with Crippen LogP contribution >= 0.6 is 11.3 Å². The molecule has 1 atom stereocenters. The average molecular weight is 323 g/mol. The smallest absolute Gasteiger partial charge is 0.266 e. The molecule has 2 aromatic heterocycles. The zero-order chi connectivity index (χ0) is 16.1.